The molecule has 2 rings (SSSR count). The van der Waals surface area contributed by atoms with E-state index in [0.29, 0.717) is 0 Å². The maximum absolute atomic E-state index is 6.10. The minimum absolute atomic E-state index is 0.792. The summed E-state index contributed by atoms with van der Waals surface area (Å²) in [4.78, 5) is 1.28. The highest BCUT2D eigenvalue weighted by atomic mass is 35.5. The lowest BCUT2D eigenvalue weighted by molar-refractivity contribution is 1.47. The standard InChI is InChI=1S/C10H8Cl2S/c1-5-6(2)13-10-8(12)4-3-7(11)9(5)10/h3-4H,1-2H3. The van der Waals surface area contributed by atoms with Crippen molar-refractivity contribution in [2.45, 2.75) is 13.8 Å². The van der Waals surface area contributed by atoms with Gasteiger partial charge in [0.1, 0.15) is 0 Å². The maximum Gasteiger partial charge on any atom is 0.0585 e. The quantitative estimate of drug-likeness (QED) is 0.609. The Morgan fingerprint density at radius 3 is 2.31 bits per heavy atom. The molecule has 0 aliphatic rings. The van der Waals surface area contributed by atoms with E-state index in [1.165, 1.54) is 10.4 Å². The number of thiophene rings is 1. The smallest absolute Gasteiger partial charge is 0.0585 e. The summed E-state index contributed by atoms with van der Waals surface area (Å²) in [5, 5.41) is 2.69. The van der Waals surface area contributed by atoms with Crippen LogP contribution in [0, 0.1) is 13.8 Å². The second kappa shape index (κ2) is 3.16. The molecule has 13 heavy (non-hydrogen) atoms. The zero-order valence-electron chi connectivity index (χ0n) is 7.32. The molecule has 0 amide bonds. The molecule has 0 saturated carbocycles. The number of aryl methyl sites for hydroxylation is 2. The Kier molecular flexibility index (Phi) is 2.26. The minimum Gasteiger partial charge on any atom is -0.139 e. The summed E-state index contributed by atoms with van der Waals surface area (Å²) in [6, 6.07) is 3.70. The average Bonchev–Trinajstić information content (AvgIpc) is 2.38. The second-order valence-corrected chi connectivity index (χ2v) is 5.06. The van der Waals surface area contributed by atoms with E-state index in [0.717, 1.165) is 20.1 Å². The normalized spacial score (nSPS) is 11.1. The average molecular weight is 231 g/mol. The van der Waals surface area contributed by atoms with Crippen LogP contribution in [-0.4, -0.2) is 0 Å². The molecule has 3 heteroatoms. The van der Waals surface area contributed by atoms with Gasteiger partial charge in [-0.25, -0.2) is 0 Å². The lowest BCUT2D eigenvalue weighted by atomic mass is 10.1. The van der Waals surface area contributed by atoms with Crippen LogP contribution in [0.15, 0.2) is 12.1 Å². The molecule has 0 spiro atoms. The van der Waals surface area contributed by atoms with Crippen LogP contribution in [0.25, 0.3) is 10.1 Å². The number of fused-ring (bicyclic) bond motifs is 1. The van der Waals surface area contributed by atoms with Crippen LogP contribution in [0.5, 0.6) is 0 Å². The van der Waals surface area contributed by atoms with Crippen molar-refractivity contribution in [3.8, 4) is 0 Å². The lowest BCUT2D eigenvalue weighted by Gasteiger charge is -1.97. The van der Waals surface area contributed by atoms with Crippen molar-refractivity contribution < 1.29 is 0 Å². The predicted octanol–water partition coefficient (Wildman–Crippen LogP) is 4.82. The monoisotopic (exact) mass is 230 g/mol. The van der Waals surface area contributed by atoms with Crippen molar-refractivity contribution in [2.75, 3.05) is 0 Å². The van der Waals surface area contributed by atoms with Crippen molar-refractivity contribution in [3.63, 3.8) is 0 Å². The Hall–Kier alpha value is -0.240. The molecule has 0 fully saturated rings. The largest absolute Gasteiger partial charge is 0.139 e. The highest BCUT2D eigenvalue weighted by molar-refractivity contribution is 7.20. The van der Waals surface area contributed by atoms with Crippen LogP contribution >= 0.6 is 34.5 Å². The van der Waals surface area contributed by atoms with E-state index < -0.39 is 0 Å². The van der Waals surface area contributed by atoms with E-state index in [4.69, 9.17) is 23.2 Å². The number of hydrogen-bond donors (Lipinski definition) is 0. The topological polar surface area (TPSA) is 0 Å². The van der Waals surface area contributed by atoms with E-state index >= 15 is 0 Å². The molecule has 2 aromatic rings. The van der Waals surface area contributed by atoms with Gasteiger partial charge >= 0.3 is 0 Å². The van der Waals surface area contributed by atoms with Gasteiger partial charge in [0.05, 0.1) is 9.72 Å². The third kappa shape index (κ3) is 1.35. The van der Waals surface area contributed by atoms with Gasteiger partial charge in [-0.2, -0.15) is 0 Å². The summed E-state index contributed by atoms with van der Waals surface area (Å²) >= 11 is 13.9. The molecule has 0 bridgehead atoms. The first-order valence-corrected chi connectivity index (χ1v) is 5.52. The first-order valence-electron chi connectivity index (χ1n) is 3.95. The molecule has 68 valence electrons. The van der Waals surface area contributed by atoms with E-state index in [2.05, 4.69) is 13.8 Å². The van der Waals surface area contributed by atoms with Crippen LogP contribution in [0.3, 0.4) is 0 Å². The van der Waals surface area contributed by atoms with E-state index in [-0.39, 0.29) is 0 Å². The predicted molar refractivity (Wildman–Crippen MR) is 61.3 cm³/mol. The lowest BCUT2D eigenvalue weighted by Crippen LogP contribution is -1.73. The fraction of sp³-hybridized carbons (Fsp3) is 0.200. The van der Waals surface area contributed by atoms with Crippen molar-refractivity contribution in [1.82, 2.24) is 0 Å². The molecular weight excluding hydrogens is 223 g/mol. The summed E-state index contributed by atoms with van der Waals surface area (Å²) < 4.78 is 1.10. The maximum atomic E-state index is 6.10. The van der Waals surface area contributed by atoms with Gasteiger partial charge in [0.25, 0.3) is 0 Å². The van der Waals surface area contributed by atoms with Gasteiger partial charge in [0.2, 0.25) is 0 Å². The zero-order chi connectivity index (χ0) is 9.59. The Morgan fingerprint density at radius 2 is 1.69 bits per heavy atom. The molecule has 0 atom stereocenters. The molecule has 1 aromatic heterocycles. The highest BCUT2D eigenvalue weighted by Crippen LogP contribution is 2.39. The number of halogens is 2. The van der Waals surface area contributed by atoms with E-state index in [1.807, 2.05) is 12.1 Å². The second-order valence-electron chi connectivity index (χ2n) is 3.02. The van der Waals surface area contributed by atoms with Crippen LogP contribution < -0.4 is 0 Å². The highest BCUT2D eigenvalue weighted by Gasteiger charge is 2.10. The summed E-state index contributed by atoms with van der Waals surface area (Å²) in [5.74, 6) is 0. The molecule has 0 aliphatic carbocycles. The van der Waals surface area contributed by atoms with Gasteiger partial charge in [-0.1, -0.05) is 23.2 Å². The van der Waals surface area contributed by atoms with Crippen LogP contribution in [0.1, 0.15) is 10.4 Å². The Labute approximate surface area is 91.1 Å². The molecule has 1 aromatic carbocycles. The Bertz CT molecular complexity index is 471. The Balaban J connectivity index is 3.00. The van der Waals surface area contributed by atoms with Gasteiger partial charge in [-0.05, 0) is 31.5 Å². The molecule has 0 aliphatic heterocycles. The van der Waals surface area contributed by atoms with Crippen LogP contribution in [0.2, 0.25) is 10.0 Å². The molecular formula is C10H8Cl2S. The van der Waals surface area contributed by atoms with E-state index in [9.17, 15) is 0 Å². The van der Waals surface area contributed by atoms with Crippen LogP contribution in [0.4, 0.5) is 0 Å². The third-order valence-corrected chi connectivity index (χ3v) is 4.20. The Morgan fingerprint density at radius 1 is 1.08 bits per heavy atom. The number of rotatable bonds is 0. The van der Waals surface area contributed by atoms with Gasteiger partial charge in [-0.3, -0.25) is 0 Å². The van der Waals surface area contributed by atoms with Crippen molar-refractivity contribution in [3.05, 3.63) is 32.6 Å². The third-order valence-electron chi connectivity index (χ3n) is 2.22. The minimum atomic E-state index is 0.792. The first-order chi connectivity index (χ1) is 6.11. The van der Waals surface area contributed by atoms with Crippen molar-refractivity contribution >= 4 is 44.6 Å². The first kappa shape index (κ1) is 9.32. The van der Waals surface area contributed by atoms with Gasteiger partial charge < -0.3 is 0 Å². The summed E-state index contributed by atoms with van der Waals surface area (Å²) in [5.41, 5.74) is 1.24. The summed E-state index contributed by atoms with van der Waals surface area (Å²) in [6.45, 7) is 4.17. The molecule has 0 saturated heterocycles. The van der Waals surface area contributed by atoms with Gasteiger partial charge in [0.15, 0.2) is 0 Å². The number of benzene rings is 1. The molecule has 0 radical (unpaired) electrons. The van der Waals surface area contributed by atoms with Crippen molar-refractivity contribution in [2.24, 2.45) is 0 Å². The van der Waals surface area contributed by atoms with Gasteiger partial charge in [0, 0.05) is 15.3 Å². The van der Waals surface area contributed by atoms with E-state index in [1.54, 1.807) is 11.3 Å². The zero-order valence-corrected chi connectivity index (χ0v) is 9.65. The SMILES string of the molecule is Cc1sc2c(Cl)ccc(Cl)c2c1C. The summed E-state index contributed by atoms with van der Waals surface area (Å²) in [6.07, 6.45) is 0. The fourth-order valence-corrected chi connectivity index (χ4v) is 3.11. The molecule has 0 N–H and O–H groups in total. The molecule has 1 heterocycles. The van der Waals surface area contributed by atoms with Crippen molar-refractivity contribution in [1.29, 1.82) is 0 Å². The summed E-state index contributed by atoms with van der Waals surface area (Å²) in [7, 11) is 0. The molecule has 0 nitrogen and oxygen atoms in total. The van der Waals surface area contributed by atoms with Gasteiger partial charge in [-0.15, -0.1) is 11.3 Å². The fourth-order valence-electron chi connectivity index (χ4n) is 1.39. The number of hydrogen-bond acceptors (Lipinski definition) is 1. The van der Waals surface area contributed by atoms with Crippen LogP contribution in [-0.2, 0) is 0 Å². The molecule has 0 unspecified atom stereocenters.